The lowest BCUT2D eigenvalue weighted by Crippen LogP contribution is -2.39. The molecule has 2 aromatic carbocycles. The number of halogens is 4. The molecule has 2 aliphatic rings. The van der Waals surface area contributed by atoms with Gasteiger partial charge in [0, 0.05) is 55.8 Å². The Bertz CT molecular complexity index is 1730. The molecule has 0 bridgehead atoms. The van der Waals surface area contributed by atoms with E-state index >= 15 is 0 Å². The molecular weight excluding hydrogens is 1070 g/mol. The number of benzene rings is 2. The van der Waals surface area contributed by atoms with Crippen molar-refractivity contribution in [3.05, 3.63) is 97.9 Å². The maximum atomic E-state index is 12.8. The molecule has 0 aromatic heterocycles. The molecule has 0 saturated carbocycles. The van der Waals surface area contributed by atoms with Gasteiger partial charge in [0.05, 0.1) is 23.5 Å². The lowest BCUT2D eigenvalue weighted by molar-refractivity contribution is -0.401. The zero-order valence-electron chi connectivity index (χ0n) is 28.7. The van der Waals surface area contributed by atoms with Crippen molar-refractivity contribution in [3.63, 3.8) is 0 Å². The van der Waals surface area contributed by atoms with E-state index in [1.807, 2.05) is 18.2 Å². The van der Waals surface area contributed by atoms with Crippen LogP contribution in [0.15, 0.2) is 72.5 Å². The molecule has 2 aromatic rings. The van der Waals surface area contributed by atoms with E-state index in [2.05, 4.69) is 183 Å². The predicted molar refractivity (Wildman–Crippen MR) is 234 cm³/mol. The summed E-state index contributed by atoms with van der Waals surface area (Å²) in [4.78, 5) is 25.5. The summed E-state index contributed by atoms with van der Waals surface area (Å²) in [5.41, 5.74) is 6.30. The number of aliphatic carboxylic acids is 1. The lowest BCUT2D eigenvalue weighted by atomic mass is 9.69. The van der Waals surface area contributed by atoms with Crippen molar-refractivity contribution in [1.82, 2.24) is 0 Å². The topological polar surface area (TPSA) is 69.8 Å². The molecule has 1 N–H and O–H groups in total. The number of fused-ring (bicyclic) bond motifs is 2. The molecule has 0 spiro atoms. The van der Waals surface area contributed by atoms with E-state index in [0.29, 0.717) is 19.5 Å². The van der Waals surface area contributed by atoms with E-state index in [4.69, 9.17) is 4.74 Å². The summed E-state index contributed by atoms with van der Waals surface area (Å²) in [5, 5.41) is 10.5. The second kappa shape index (κ2) is 18.0. The number of nitrogens with zero attached hydrogens (tertiary/aromatic N) is 2. The van der Waals surface area contributed by atoms with Crippen LogP contribution in [0.5, 0.6) is 0 Å². The SMILES string of the molecule is CCCCC(C(=O)O)C1(C)/C(=C/C=C/C=C/C=C/C2=[N+](C)c3cc(I)cc(I)c3C2(C)CCCCCOC=O)N(C)c2cc(I)cc(I)c21. The van der Waals surface area contributed by atoms with Crippen molar-refractivity contribution in [3.8, 4) is 0 Å². The molecular formula is C39H45I4N2O4+. The quantitative estimate of drug-likeness (QED) is 0.0596. The van der Waals surface area contributed by atoms with E-state index in [0.717, 1.165) is 62.6 Å². The number of anilines is 1. The van der Waals surface area contributed by atoms with Gasteiger partial charge in [-0.3, -0.25) is 9.59 Å². The standard InChI is InChI=1S/C39H44I4N2O4/c1-6-7-16-28(37(47)48)39(3)34(45(5)32-24-27(41)22-30(43)36(32)39)18-13-10-8-9-12-17-33-38(2,19-14-11-15-20-49-25-46)35-29(42)21-26(40)23-31(35)44(33)4/h8-10,12-13,17-18,21-25,28H,6-7,11,14-16,19-20H2,1-5H3/p+1. The number of carboxylic acids is 1. The van der Waals surface area contributed by atoms with Crippen LogP contribution in [-0.4, -0.2) is 48.5 Å². The maximum Gasteiger partial charge on any atom is 0.307 e. The Morgan fingerprint density at radius 2 is 1.59 bits per heavy atom. The smallest absolute Gasteiger partial charge is 0.307 e. The van der Waals surface area contributed by atoms with Crippen LogP contribution in [0, 0.1) is 20.2 Å². The summed E-state index contributed by atoms with van der Waals surface area (Å²) in [5.74, 6) is -1.27. The monoisotopic (exact) mass is 1110 g/mol. The molecule has 262 valence electrons. The number of carbonyl (C=O) groups is 2. The van der Waals surface area contributed by atoms with Gasteiger partial charge in [0.25, 0.3) is 6.47 Å². The van der Waals surface area contributed by atoms with Gasteiger partial charge >= 0.3 is 5.97 Å². The Morgan fingerprint density at radius 1 is 0.939 bits per heavy atom. The molecule has 49 heavy (non-hydrogen) atoms. The maximum absolute atomic E-state index is 12.8. The molecule has 3 unspecified atom stereocenters. The highest BCUT2D eigenvalue weighted by atomic mass is 127. The Morgan fingerprint density at radius 3 is 2.27 bits per heavy atom. The molecule has 0 aliphatic carbocycles. The molecule has 2 aliphatic heterocycles. The molecule has 10 heteroatoms. The molecule has 4 rings (SSSR count). The van der Waals surface area contributed by atoms with Crippen LogP contribution in [-0.2, 0) is 25.2 Å². The van der Waals surface area contributed by atoms with E-state index in [1.165, 1.54) is 24.1 Å². The van der Waals surface area contributed by atoms with Gasteiger partial charge in [-0.1, -0.05) is 63.0 Å². The number of ether oxygens (including phenoxy) is 1. The fourth-order valence-electron chi connectivity index (χ4n) is 7.57. The van der Waals surface area contributed by atoms with Gasteiger partial charge in [-0.15, -0.1) is 0 Å². The van der Waals surface area contributed by atoms with Crippen LogP contribution in [0.2, 0.25) is 0 Å². The Balaban J connectivity index is 1.60. The minimum absolute atomic E-state index is 0.138. The number of allylic oxidation sites excluding steroid dienone is 8. The third-order valence-electron chi connectivity index (χ3n) is 9.98. The lowest BCUT2D eigenvalue weighted by Gasteiger charge is -2.35. The van der Waals surface area contributed by atoms with E-state index < -0.39 is 17.3 Å². The second-order valence-corrected chi connectivity index (χ2v) is 17.9. The van der Waals surface area contributed by atoms with Gasteiger partial charge in [-0.05, 0) is 148 Å². The first-order valence-corrected chi connectivity index (χ1v) is 21.0. The minimum atomic E-state index is -0.744. The summed E-state index contributed by atoms with van der Waals surface area (Å²) in [7, 11) is 4.21. The molecule has 0 amide bonds. The number of rotatable bonds is 16. The molecule has 6 nitrogen and oxygen atoms in total. The highest BCUT2D eigenvalue weighted by Gasteiger charge is 2.51. The van der Waals surface area contributed by atoms with E-state index in [1.54, 1.807) is 0 Å². The summed E-state index contributed by atoms with van der Waals surface area (Å²) in [6, 6.07) is 8.84. The van der Waals surface area contributed by atoms with Crippen LogP contribution in [0.1, 0.15) is 76.8 Å². The Kier molecular flexibility index (Phi) is 14.9. The van der Waals surface area contributed by atoms with Crippen LogP contribution in [0.4, 0.5) is 11.4 Å². The number of carboxylic acid groups (broad SMARTS) is 1. The first kappa shape index (κ1) is 40.5. The first-order valence-electron chi connectivity index (χ1n) is 16.7. The van der Waals surface area contributed by atoms with Gasteiger partial charge in [0.15, 0.2) is 5.71 Å². The number of carbonyl (C=O) groups excluding carboxylic acids is 1. The molecule has 2 heterocycles. The van der Waals surface area contributed by atoms with Crippen LogP contribution in [0.25, 0.3) is 0 Å². The van der Waals surface area contributed by atoms with E-state index in [9.17, 15) is 14.7 Å². The van der Waals surface area contributed by atoms with Gasteiger partial charge in [0.2, 0.25) is 5.69 Å². The highest BCUT2D eigenvalue weighted by molar-refractivity contribution is 14.1. The van der Waals surface area contributed by atoms with Gasteiger partial charge in [-0.25, -0.2) is 0 Å². The third-order valence-corrected chi connectivity index (χ3v) is 12.9. The van der Waals surface area contributed by atoms with E-state index in [-0.39, 0.29) is 5.41 Å². The van der Waals surface area contributed by atoms with Gasteiger partial charge in [-0.2, -0.15) is 4.58 Å². The fraction of sp³-hybridized carbons (Fsp3) is 0.410. The summed E-state index contributed by atoms with van der Waals surface area (Å²) >= 11 is 9.60. The highest BCUT2D eigenvalue weighted by Crippen LogP contribution is 2.54. The van der Waals surface area contributed by atoms with Crippen molar-refractivity contribution < 1.29 is 24.0 Å². The summed E-state index contributed by atoms with van der Waals surface area (Å²) in [6.07, 6.45) is 21.0. The first-order chi connectivity index (χ1) is 23.3. The van der Waals surface area contributed by atoms with Crippen molar-refractivity contribution in [2.75, 3.05) is 25.6 Å². The normalized spacial score (nSPS) is 21.8. The zero-order chi connectivity index (χ0) is 35.9. The van der Waals surface area contributed by atoms with Crippen LogP contribution < -0.4 is 4.90 Å². The van der Waals surface area contributed by atoms with Crippen molar-refractivity contribution in [2.24, 2.45) is 5.92 Å². The number of unbranched alkanes of at least 4 members (excludes halogenated alkanes) is 3. The van der Waals surface area contributed by atoms with Crippen molar-refractivity contribution in [2.45, 2.75) is 76.5 Å². The second-order valence-electron chi connectivity index (χ2n) is 13.1. The third kappa shape index (κ3) is 8.69. The van der Waals surface area contributed by atoms with Crippen molar-refractivity contribution >= 4 is 120 Å². The van der Waals surface area contributed by atoms with Gasteiger partial charge < -0.3 is 14.7 Å². The minimum Gasteiger partial charge on any atom is -0.481 e. The zero-order valence-corrected chi connectivity index (χ0v) is 37.4. The number of hydrogen-bond donors (Lipinski definition) is 1. The fourth-order valence-corrected chi connectivity index (χ4v) is 12.4. The Labute approximate surface area is 346 Å². The summed E-state index contributed by atoms with van der Waals surface area (Å²) < 4.78 is 12.0. The van der Waals surface area contributed by atoms with Crippen LogP contribution in [0.3, 0.4) is 0 Å². The largest absolute Gasteiger partial charge is 0.481 e. The van der Waals surface area contributed by atoms with Gasteiger partial charge in [0.1, 0.15) is 7.05 Å². The molecule has 0 radical (unpaired) electrons. The number of hydrogen-bond acceptors (Lipinski definition) is 4. The van der Waals surface area contributed by atoms with Crippen molar-refractivity contribution in [1.29, 1.82) is 0 Å². The average Bonchev–Trinajstić information content (AvgIpc) is 3.37. The molecule has 3 atom stereocenters. The molecule has 0 saturated heterocycles. The average molecular weight is 1110 g/mol. The number of likely N-dealkylation sites (N-methyl/N-ethyl adjacent to an activating group) is 1. The van der Waals surface area contributed by atoms with Crippen LogP contribution >= 0.6 is 90.4 Å². The summed E-state index contributed by atoms with van der Waals surface area (Å²) in [6.45, 7) is 7.57. The predicted octanol–water partition coefficient (Wildman–Crippen LogP) is 10.7. The Hall–Kier alpha value is -1.27. The molecule has 0 fully saturated rings.